The lowest BCUT2D eigenvalue weighted by Gasteiger charge is -2.09. The van der Waals surface area contributed by atoms with Crippen molar-refractivity contribution >= 4 is 22.3 Å². The zero-order valence-corrected chi connectivity index (χ0v) is 14.6. The highest BCUT2D eigenvalue weighted by atomic mass is 19.1. The van der Waals surface area contributed by atoms with Gasteiger partial charge in [-0.2, -0.15) is 0 Å². The Bertz CT molecular complexity index is 1270. The predicted octanol–water partition coefficient (Wildman–Crippen LogP) is 5.08. The molecule has 2 aromatic heterocycles. The van der Waals surface area contributed by atoms with Crippen molar-refractivity contribution in [3.05, 3.63) is 84.2 Å². The molecule has 5 aromatic rings. The molecule has 0 aliphatic rings. The molecule has 5 rings (SSSR count). The Morgan fingerprint density at radius 3 is 2.11 bits per heavy atom. The van der Waals surface area contributed by atoms with Gasteiger partial charge in [-0.05, 0) is 55.5 Å². The average Bonchev–Trinajstić information content (AvgIpc) is 3.05. The number of hydrogen-bond donors (Lipinski definition) is 0. The van der Waals surface area contributed by atoms with E-state index in [1.54, 1.807) is 12.1 Å². The molecular formula is C22H15FN4. The van der Waals surface area contributed by atoms with Crippen molar-refractivity contribution in [2.75, 3.05) is 0 Å². The molecule has 0 atom stereocenters. The van der Waals surface area contributed by atoms with Gasteiger partial charge in [-0.1, -0.05) is 29.8 Å². The maximum atomic E-state index is 13.4. The van der Waals surface area contributed by atoms with Crippen molar-refractivity contribution in [1.82, 2.24) is 19.5 Å². The number of halogens is 1. The van der Waals surface area contributed by atoms with Crippen molar-refractivity contribution in [3.63, 3.8) is 0 Å². The lowest BCUT2D eigenvalue weighted by molar-refractivity contribution is 0.628. The summed E-state index contributed by atoms with van der Waals surface area (Å²) in [5.74, 6) is 0.405. The second-order valence-corrected chi connectivity index (χ2v) is 6.47. The van der Waals surface area contributed by atoms with E-state index in [0.717, 1.165) is 22.3 Å². The molecule has 0 aliphatic heterocycles. The predicted molar refractivity (Wildman–Crippen MR) is 104 cm³/mol. The summed E-state index contributed by atoms with van der Waals surface area (Å²) in [6.07, 6.45) is 0. The number of fused-ring (bicyclic) bond motifs is 2. The van der Waals surface area contributed by atoms with Gasteiger partial charge in [0.25, 0.3) is 0 Å². The maximum absolute atomic E-state index is 13.4. The molecule has 0 aliphatic carbocycles. The lowest BCUT2D eigenvalue weighted by Crippen LogP contribution is -1.99. The van der Waals surface area contributed by atoms with E-state index in [2.05, 4.69) is 4.98 Å². The van der Waals surface area contributed by atoms with Crippen molar-refractivity contribution in [3.8, 4) is 17.1 Å². The van der Waals surface area contributed by atoms with Gasteiger partial charge in [0.2, 0.25) is 0 Å². The lowest BCUT2D eigenvalue weighted by atomic mass is 10.2. The monoisotopic (exact) mass is 354 g/mol. The minimum atomic E-state index is -0.279. The Hall–Kier alpha value is -3.60. The summed E-state index contributed by atoms with van der Waals surface area (Å²) in [7, 11) is 0. The number of rotatable bonds is 2. The number of para-hydroxylation sites is 2. The van der Waals surface area contributed by atoms with Crippen LogP contribution in [0.4, 0.5) is 4.39 Å². The summed E-state index contributed by atoms with van der Waals surface area (Å²) in [4.78, 5) is 14.2. The minimum absolute atomic E-state index is 0.279. The number of aryl methyl sites for hydroxylation is 1. The van der Waals surface area contributed by atoms with E-state index in [-0.39, 0.29) is 5.82 Å². The van der Waals surface area contributed by atoms with Crippen LogP contribution in [0.25, 0.3) is 39.4 Å². The molecule has 130 valence electrons. The second kappa shape index (κ2) is 5.99. The molecular weight excluding hydrogens is 339 g/mol. The first-order chi connectivity index (χ1) is 13.2. The highest BCUT2D eigenvalue weighted by Gasteiger charge is 2.17. The van der Waals surface area contributed by atoms with Gasteiger partial charge in [0.1, 0.15) is 11.6 Å². The Balaban J connectivity index is 1.86. The number of imidazole rings is 1. The number of hydrogen-bond acceptors (Lipinski definition) is 3. The van der Waals surface area contributed by atoms with E-state index in [0.29, 0.717) is 17.1 Å². The summed E-state index contributed by atoms with van der Waals surface area (Å²) < 4.78 is 15.4. The highest BCUT2D eigenvalue weighted by Crippen LogP contribution is 2.28. The summed E-state index contributed by atoms with van der Waals surface area (Å²) in [6, 6.07) is 22.2. The quantitative estimate of drug-likeness (QED) is 0.444. The van der Waals surface area contributed by atoms with Crippen LogP contribution in [0.3, 0.4) is 0 Å². The average molecular weight is 354 g/mol. The van der Waals surface area contributed by atoms with Crippen LogP contribution in [-0.4, -0.2) is 19.5 Å². The van der Waals surface area contributed by atoms with Crippen LogP contribution in [0.15, 0.2) is 72.8 Å². The third-order valence-electron chi connectivity index (χ3n) is 4.56. The van der Waals surface area contributed by atoms with Gasteiger partial charge in [0.15, 0.2) is 11.3 Å². The van der Waals surface area contributed by atoms with E-state index < -0.39 is 0 Å². The Kier molecular flexibility index (Phi) is 3.47. The fourth-order valence-corrected chi connectivity index (χ4v) is 3.19. The van der Waals surface area contributed by atoms with Crippen LogP contribution in [0.1, 0.15) is 5.56 Å². The van der Waals surface area contributed by atoms with E-state index >= 15 is 0 Å². The molecule has 0 saturated heterocycles. The molecule has 3 aromatic carbocycles. The van der Waals surface area contributed by atoms with Crippen LogP contribution in [-0.2, 0) is 0 Å². The Labute approximate surface area is 155 Å². The zero-order chi connectivity index (χ0) is 18.4. The molecule has 4 nitrogen and oxygen atoms in total. The van der Waals surface area contributed by atoms with E-state index in [1.165, 1.54) is 17.7 Å². The summed E-state index contributed by atoms with van der Waals surface area (Å²) in [5, 5.41) is 0. The fraction of sp³-hybridized carbons (Fsp3) is 0.0455. The Morgan fingerprint density at radius 1 is 0.741 bits per heavy atom. The largest absolute Gasteiger partial charge is 0.275 e. The fourth-order valence-electron chi connectivity index (χ4n) is 3.19. The van der Waals surface area contributed by atoms with Gasteiger partial charge in [-0.15, -0.1) is 0 Å². The first-order valence-corrected chi connectivity index (χ1v) is 8.67. The minimum Gasteiger partial charge on any atom is -0.275 e. The second-order valence-electron chi connectivity index (χ2n) is 6.47. The normalized spacial score (nSPS) is 11.3. The van der Waals surface area contributed by atoms with Crippen LogP contribution in [0.2, 0.25) is 0 Å². The van der Waals surface area contributed by atoms with Crippen LogP contribution < -0.4 is 0 Å². The van der Waals surface area contributed by atoms with Gasteiger partial charge >= 0.3 is 0 Å². The molecule has 0 amide bonds. The molecule has 0 unspecified atom stereocenters. The van der Waals surface area contributed by atoms with Crippen LogP contribution >= 0.6 is 0 Å². The third kappa shape index (κ3) is 2.64. The maximum Gasteiger partial charge on any atom is 0.199 e. The molecule has 0 saturated carbocycles. The first kappa shape index (κ1) is 15.6. The van der Waals surface area contributed by atoms with E-state index in [4.69, 9.17) is 9.97 Å². The van der Waals surface area contributed by atoms with Gasteiger partial charge in [-0.3, -0.25) is 4.57 Å². The van der Waals surface area contributed by atoms with Gasteiger partial charge < -0.3 is 0 Å². The molecule has 0 spiro atoms. The van der Waals surface area contributed by atoms with E-state index in [9.17, 15) is 4.39 Å². The number of benzene rings is 3. The molecule has 0 fully saturated rings. The first-order valence-electron chi connectivity index (χ1n) is 8.67. The van der Waals surface area contributed by atoms with Crippen molar-refractivity contribution in [1.29, 1.82) is 0 Å². The molecule has 0 N–H and O–H groups in total. The van der Waals surface area contributed by atoms with Gasteiger partial charge in [0.05, 0.1) is 11.0 Å². The molecule has 5 heteroatoms. The van der Waals surface area contributed by atoms with Crippen molar-refractivity contribution in [2.45, 2.75) is 6.92 Å². The zero-order valence-electron chi connectivity index (χ0n) is 14.6. The standard InChI is InChI=1S/C22H15FN4/c1-14-6-12-17(13-7-14)27-21(15-8-10-16(23)11-9-15)26-20-22(27)25-19-5-3-2-4-18(19)24-20/h2-13H,1H3. The van der Waals surface area contributed by atoms with Crippen molar-refractivity contribution in [2.24, 2.45) is 0 Å². The topological polar surface area (TPSA) is 43.6 Å². The number of nitrogens with zero attached hydrogens (tertiary/aromatic N) is 4. The summed E-state index contributed by atoms with van der Waals surface area (Å²) in [5.41, 5.74) is 5.76. The van der Waals surface area contributed by atoms with Crippen LogP contribution in [0, 0.1) is 12.7 Å². The van der Waals surface area contributed by atoms with E-state index in [1.807, 2.05) is 60.0 Å². The van der Waals surface area contributed by atoms with Crippen molar-refractivity contribution < 1.29 is 4.39 Å². The smallest absolute Gasteiger partial charge is 0.199 e. The third-order valence-corrected chi connectivity index (χ3v) is 4.56. The van der Waals surface area contributed by atoms with Crippen LogP contribution in [0.5, 0.6) is 0 Å². The summed E-state index contributed by atoms with van der Waals surface area (Å²) >= 11 is 0. The number of aromatic nitrogens is 4. The molecule has 0 bridgehead atoms. The summed E-state index contributed by atoms with van der Waals surface area (Å²) in [6.45, 7) is 2.05. The van der Waals surface area contributed by atoms with Gasteiger partial charge in [-0.25, -0.2) is 19.3 Å². The molecule has 0 radical (unpaired) electrons. The SMILES string of the molecule is Cc1ccc(-n2c(-c3ccc(F)cc3)nc3nc4ccccc4nc32)cc1. The van der Waals surface area contributed by atoms with Gasteiger partial charge in [0, 0.05) is 11.3 Å². The Morgan fingerprint density at radius 2 is 1.41 bits per heavy atom. The highest BCUT2D eigenvalue weighted by molar-refractivity contribution is 5.86. The molecule has 2 heterocycles. The molecule has 27 heavy (non-hydrogen) atoms.